The van der Waals surface area contributed by atoms with Crippen LogP contribution < -0.4 is 0 Å². The number of rotatable bonds is 1. The zero-order chi connectivity index (χ0) is 9.30. The first-order valence-corrected chi connectivity index (χ1v) is 4.21. The van der Waals surface area contributed by atoms with Gasteiger partial charge in [-0.25, -0.2) is 0 Å². The Kier molecular flexibility index (Phi) is 2.36. The Morgan fingerprint density at radius 3 is 2.33 bits per heavy atom. The summed E-state index contributed by atoms with van der Waals surface area (Å²) in [5.74, 6) is 0. The van der Waals surface area contributed by atoms with Crippen LogP contribution in [0.4, 0.5) is 0 Å². The van der Waals surface area contributed by atoms with E-state index in [4.69, 9.17) is 0 Å². The summed E-state index contributed by atoms with van der Waals surface area (Å²) < 4.78 is 1.93. The van der Waals surface area contributed by atoms with Crippen LogP contribution in [0.2, 0.25) is 0 Å². The highest BCUT2D eigenvalue weighted by Gasteiger charge is 2.09. The number of hydrogen-bond acceptors (Lipinski definition) is 1. The summed E-state index contributed by atoms with van der Waals surface area (Å²) in [6, 6.07) is 0. The van der Waals surface area contributed by atoms with Crippen molar-refractivity contribution in [2.45, 2.75) is 27.7 Å². The summed E-state index contributed by atoms with van der Waals surface area (Å²) in [7, 11) is 1.98. The Balaban J connectivity index is 3.32. The van der Waals surface area contributed by atoms with Gasteiger partial charge in [-0.2, -0.15) is 5.10 Å². The lowest BCUT2D eigenvalue weighted by atomic mass is 10.1. The van der Waals surface area contributed by atoms with Crippen molar-refractivity contribution in [1.82, 2.24) is 9.78 Å². The number of hydrogen-bond donors (Lipinski definition) is 0. The van der Waals surface area contributed by atoms with Crippen molar-refractivity contribution >= 4 is 5.57 Å². The molecule has 0 radical (unpaired) electrons. The van der Waals surface area contributed by atoms with Crippen molar-refractivity contribution < 1.29 is 0 Å². The van der Waals surface area contributed by atoms with Gasteiger partial charge < -0.3 is 0 Å². The van der Waals surface area contributed by atoms with E-state index >= 15 is 0 Å². The smallest absolute Gasteiger partial charge is 0.0671 e. The molecule has 1 aromatic rings. The molecule has 0 spiro atoms. The normalized spacial score (nSPS) is 12.2. The second kappa shape index (κ2) is 3.13. The Morgan fingerprint density at radius 1 is 1.42 bits per heavy atom. The maximum atomic E-state index is 4.36. The molecule has 0 aromatic carbocycles. The lowest BCUT2D eigenvalue weighted by molar-refractivity contribution is 0.731. The molecule has 12 heavy (non-hydrogen) atoms. The molecule has 0 aliphatic heterocycles. The van der Waals surface area contributed by atoms with Gasteiger partial charge in [0.15, 0.2) is 0 Å². The van der Waals surface area contributed by atoms with Crippen molar-refractivity contribution in [2.75, 3.05) is 0 Å². The Morgan fingerprint density at radius 2 is 2.00 bits per heavy atom. The van der Waals surface area contributed by atoms with Gasteiger partial charge >= 0.3 is 0 Å². The summed E-state index contributed by atoms with van der Waals surface area (Å²) in [4.78, 5) is 0. The molecule has 0 fully saturated rings. The number of nitrogens with zero attached hydrogens (tertiary/aromatic N) is 2. The maximum Gasteiger partial charge on any atom is 0.0671 e. The summed E-state index contributed by atoms with van der Waals surface area (Å²) in [6.45, 7) is 8.33. The molecule has 2 heteroatoms. The summed E-state index contributed by atoms with van der Waals surface area (Å²) in [5.41, 5.74) is 4.95. The van der Waals surface area contributed by atoms with Gasteiger partial charge in [0, 0.05) is 18.3 Å². The van der Waals surface area contributed by atoms with Gasteiger partial charge in [-0.15, -0.1) is 0 Å². The van der Waals surface area contributed by atoms with Crippen LogP contribution in [0.3, 0.4) is 0 Å². The number of aromatic nitrogens is 2. The van der Waals surface area contributed by atoms with Gasteiger partial charge in [-0.05, 0) is 33.3 Å². The third-order valence-electron chi connectivity index (χ3n) is 2.34. The molecule has 0 unspecified atom stereocenters. The molecule has 1 rings (SSSR count). The van der Waals surface area contributed by atoms with Crippen molar-refractivity contribution in [1.29, 1.82) is 0 Å². The molecular weight excluding hydrogens is 148 g/mol. The zero-order valence-corrected chi connectivity index (χ0v) is 8.47. The van der Waals surface area contributed by atoms with E-state index in [9.17, 15) is 0 Å². The van der Waals surface area contributed by atoms with Crippen LogP contribution in [0.15, 0.2) is 6.08 Å². The van der Waals surface area contributed by atoms with E-state index in [1.807, 2.05) is 11.7 Å². The molecule has 0 aliphatic carbocycles. The van der Waals surface area contributed by atoms with E-state index in [2.05, 4.69) is 38.9 Å². The minimum atomic E-state index is 1.12. The molecule has 1 aromatic heterocycles. The third kappa shape index (κ3) is 1.29. The average molecular weight is 164 g/mol. The van der Waals surface area contributed by atoms with Gasteiger partial charge in [-0.1, -0.05) is 6.08 Å². The molecule has 2 nitrogen and oxygen atoms in total. The van der Waals surface area contributed by atoms with E-state index in [0.29, 0.717) is 0 Å². The molecule has 66 valence electrons. The van der Waals surface area contributed by atoms with E-state index in [1.54, 1.807) is 0 Å². The van der Waals surface area contributed by atoms with E-state index in [1.165, 1.54) is 16.8 Å². The first-order chi connectivity index (χ1) is 5.57. The van der Waals surface area contributed by atoms with Crippen LogP contribution >= 0.6 is 0 Å². The minimum absolute atomic E-state index is 1.12. The molecule has 0 bridgehead atoms. The van der Waals surface area contributed by atoms with Crippen molar-refractivity contribution in [3.63, 3.8) is 0 Å². The standard InChI is InChI=1S/C10H16N2/c1-6-7(2)10-8(3)11-12(5)9(10)4/h6H,1-5H3/b7-6+. The fourth-order valence-corrected chi connectivity index (χ4v) is 1.49. The van der Waals surface area contributed by atoms with E-state index < -0.39 is 0 Å². The largest absolute Gasteiger partial charge is 0.272 e. The predicted molar refractivity (Wildman–Crippen MR) is 52.0 cm³/mol. The maximum absolute atomic E-state index is 4.36. The van der Waals surface area contributed by atoms with E-state index in [0.717, 1.165) is 5.69 Å². The van der Waals surface area contributed by atoms with Crippen LogP contribution in [-0.4, -0.2) is 9.78 Å². The molecular formula is C10H16N2. The van der Waals surface area contributed by atoms with Crippen molar-refractivity contribution in [2.24, 2.45) is 7.05 Å². The van der Waals surface area contributed by atoms with Gasteiger partial charge in [-0.3, -0.25) is 4.68 Å². The lowest BCUT2D eigenvalue weighted by Gasteiger charge is -2.00. The highest BCUT2D eigenvalue weighted by molar-refractivity contribution is 5.67. The van der Waals surface area contributed by atoms with Gasteiger partial charge in [0.25, 0.3) is 0 Å². The van der Waals surface area contributed by atoms with Crippen LogP contribution in [-0.2, 0) is 7.05 Å². The molecule has 0 saturated carbocycles. The summed E-state index contributed by atoms with van der Waals surface area (Å²) in [5, 5.41) is 4.36. The van der Waals surface area contributed by atoms with Crippen molar-refractivity contribution in [3.05, 3.63) is 23.0 Å². The SMILES string of the molecule is C/C=C(\C)c1c(C)nn(C)c1C. The Bertz CT molecular complexity index is 319. The second-order valence-electron chi connectivity index (χ2n) is 3.14. The molecule has 0 N–H and O–H groups in total. The highest BCUT2D eigenvalue weighted by Crippen LogP contribution is 2.20. The highest BCUT2D eigenvalue weighted by atomic mass is 15.3. The summed E-state index contributed by atoms with van der Waals surface area (Å²) >= 11 is 0. The zero-order valence-electron chi connectivity index (χ0n) is 8.47. The van der Waals surface area contributed by atoms with Crippen LogP contribution in [0.25, 0.3) is 5.57 Å². The Hall–Kier alpha value is -1.05. The molecule has 1 heterocycles. The fourth-order valence-electron chi connectivity index (χ4n) is 1.49. The third-order valence-corrected chi connectivity index (χ3v) is 2.34. The Labute approximate surface area is 73.9 Å². The topological polar surface area (TPSA) is 17.8 Å². The van der Waals surface area contributed by atoms with Gasteiger partial charge in [0.2, 0.25) is 0 Å². The van der Waals surface area contributed by atoms with Crippen LogP contribution in [0.5, 0.6) is 0 Å². The molecule has 0 aliphatic rings. The van der Waals surface area contributed by atoms with Crippen molar-refractivity contribution in [3.8, 4) is 0 Å². The van der Waals surface area contributed by atoms with Gasteiger partial charge in [0.1, 0.15) is 0 Å². The predicted octanol–water partition coefficient (Wildman–Crippen LogP) is 2.46. The number of allylic oxidation sites excluding steroid dienone is 2. The average Bonchev–Trinajstić information content (AvgIpc) is 2.26. The molecule has 0 amide bonds. The quantitative estimate of drug-likeness (QED) is 0.623. The monoisotopic (exact) mass is 164 g/mol. The first kappa shape index (κ1) is 9.04. The van der Waals surface area contributed by atoms with E-state index in [-0.39, 0.29) is 0 Å². The van der Waals surface area contributed by atoms with Gasteiger partial charge in [0.05, 0.1) is 5.69 Å². The minimum Gasteiger partial charge on any atom is -0.272 e. The first-order valence-electron chi connectivity index (χ1n) is 4.21. The van der Waals surface area contributed by atoms with Crippen LogP contribution in [0, 0.1) is 13.8 Å². The second-order valence-corrected chi connectivity index (χ2v) is 3.14. The van der Waals surface area contributed by atoms with Crippen LogP contribution in [0.1, 0.15) is 30.8 Å². The summed E-state index contributed by atoms with van der Waals surface area (Å²) in [6.07, 6.45) is 2.12. The fraction of sp³-hybridized carbons (Fsp3) is 0.500. The number of aryl methyl sites for hydroxylation is 2. The molecule has 0 atom stereocenters. The molecule has 0 saturated heterocycles. The lowest BCUT2D eigenvalue weighted by Crippen LogP contribution is -1.93.